The Morgan fingerprint density at radius 1 is 1.13 bits per heavy atom. The Hall–Kier alpha value is -1.82. The number of carbonyl (C=O) groups excluding carboxylic acids is 1. The molecule has 0 saturated carbocycles. The minimum atomic E-state index is -0.260. The fourth-order valence-corrected chi connectivity index (χ4v) is 2.86. The van der Waals surface area contributed by atoms with Crippen molar-refractivity contribution in [2.24, 2.45) is 0 Å². The number of nitrogens with one attached hydrogen (secondary N) is 1. The third-order valence-corrected chi connectivity index (χ3v) is 3.90. The number of ether oxygens (including phenoxy) is 1. The summed E-state index contributed by atoms with van der Waals surface area (Å²) in [6.07, 6.45) is 1.56. The van der Waals surface area contributed by atoms with Crippen LogP contribution in [0.5, 0.6) is 0 Å². The summed E-state index contributed by atoms with van der Waals surface area (Å²) >= 11 is 11.8. The first-order valence-corrected chi connectivity index (χ1v) is 7.93. The molecule has 3 rings (SSSR count). The summed E-state index contributed by atoms with van der Waals surface area (Å²) in [6, 6.07) is 8.48. The van der Waals surface area contributed by atoms with Crippen LogP contribution in [0.15, 0.2) is 36.5 Å². The lowest BCUT2D eigenvalue weighted by molar-refractivity contribution is 0.102. The standard InChI is InChI=1S/C16H15Cl2N3O2/c17-12-7-13(18)9-14(8-12)20-16(22)11-1-2-15(19-10-11)21-3-5-23-6-4-21/h1-2,7-10H,3-6H2,(H,20,22). The van der Waals surface area contributed by atoms with Crippen LogP contribution in [0.1, 0.15) is 10.4 Å². The zero-order valence-corrected chi connectivity index (χ0v) is 13.8. The van der Waals surface area contributed by atoms with E-state index in [2.05, 4.69) is 15.2 Å². The molecule has 1 aliphatic rings. The highest BCUT2D eigenvalue weighted by molar-refractivity contribution is 6.35. The largest absolute Gasteiger partial charge is 0.378 e. The molecule has 1 aromatic heterocycles. The van der Waals surface area contributed by atoms with Gasteiger partial charge in [-0.3, -0.25) is 4.79 Å². The molecule has 0 unspecified atom stereocenters. The van der Waals surface area contributed by atoms with Gasteiger partial charge in [0.2, 0.25) is 0 Å². The number of halogens is 2. The molecule has 0 radical (unpaired) electrons. The number of morpholine rings is 1. The zero-order valence-electron chi connectivity index (χ0n) is 12.3. The summed E-state index contributed by atoms with van der Waals surface area (Å²) in [5.41, 5.74) is 1.02. The lowest BCUT2D eigenvalue weighted by Crippen LogP contribution is -2.36. The monoisotopic (exact) mass is 351 g/mol. The van der Waals surface area contributed by atoms with E-state index in [1.807, 2.05) is 6.07 Å². The van der Waals surface area contributed by atoms with Crippen molar-refractivity contribution in [2.45, 2.75) is 0 Å². The Balaban J connectivity index is 1.69. The van der Waals surface area contributed by atoms with Crippen molar-refractivity contribution in [1.29, 1.82) is 0 Å². The zero-order chi connectivity index (χ0) is 16.2. The van der Waals surface area contributed by atoms with Crippen molar-refractivity contribution >= 4 is 40.6 Å². The first kappa shape index (κ1) is 16.1. The Bertz CT molecular complexity index is 681. The van der Waals surface area contributed by atoms with E-state index < -0.39 is 0 Å². The van der Waals surface area contributed by atoms with E-state index in [9.17, 15) is 4.79 Å². The number of hydrogen-bond donors (Lipinski definition) is 1. The Morgan fingerprint density at radius 2 is 1.83 bits per heavy atom. The van der Waals surface area contributed by atoms with Crippen molar-refractivity contribution < 1.29 is 9.53 Å². The van der Waals surface area contributed by atoms with Crippen LogP contribution < -0.4 is 10.2 Å². The maximum Gasteiger partial charge on any atom is 0.257 e. The molecule has 2 aromatic rings. The normalized spacial score (nSPS) is 14.6. The van der Waals surface area contributed by atoms with Gasteiger partial charge < -0.3 is 15.0 Å². The number of aromatic nitrogens is 1. The molecule has 1 fully saturated rings. The maximum absolute atomic E-state index is 12.3. The van der Waals surface area contributed by atoms with Gasteiger partial charge in [0.1, 0.15) is 5.82 Å². The summed E-state index contributed by atoms with van der Waals surface area (Å²) in [5.74, 6) is 0.583. The van der Waals surface area contributed by atoms with Crippen LogP contribution in [0.4, 0.5) is 11.5 Å². The number of nitrogens with zero attached hydrogens (tertiary/aromatic N) is 2. The summed E-state index contributed by atoms with van der Waals surface area (Å²) in [6.45, 7) is 3.00. The summed E-state index contributed by atoms with van der Waals surface area (Å²) in [7, 11) is 0. The third-order valence-electron chi connectivity index (χ3n) is 3.47. The summed E-state index contributed by atoms with van der Waals surface area (Å²) in [4.78, 5) is 18.7. The summed E-state index contributed by atoms with van der Waals surface area (Å²) < 4.78 is 5.31. The van der Waals surface area contributed by atoms with E-state index in [1.165, 1.54) is 0 Å². The van der Waals surface area contributed by atoms with Gasteiger partial charge in [-0.15, -0.1) is 0 Å². The Labute approximate surface area is 144 Å². The molecule has 5 nitrogen and oxygen atoms in total. The van der Waals surface area contributed by atoms with Crippen LogP contribution in [0.3, 0.4) is 0 Å². The molecule has 1 saturated heterocycles. The molecule has 1 aromatic carbocycles. The van der Waals surface area contributed by atoms with Gasteiger partial charge in [-0.2, -0.15) is 0 Å². The number of hydrogen-bond acceptors (Lipinski definition) is 4. The van der Waals surface area contributed by atoms with Crippen molar-refractivity contribution in [3.63, 3.8) is 0 Å². The molecule has 0 aliphatic carbocycles. The lowest BCUT2D eigenvalue weighted by atomic mass is 10.2. The molecule has 1 aliphatic heterocycles. The first-order valence-electron chi connectivity index (χ1n) is 7.18. The van der Waals surface area contributed by atoms with Crippen LogP contribution in [-0.2, 0) is 4.74 Å². The highest BCUT2D eigenvalue weighted by atomic mass is 35.5. The second-order valence-corrected chi connectivity index (χ2v) is 5.99. The smallest absolute Gasteiger partial charge is 0.257 e. The van der Waals surface area contributed by atoms with E-state index in [-0.39, 0.29) is 5.91 Å². The molecule has 0 atom stereocenters. The van der Waals surface area contributed by atoms with Crippen molar-refractivity contribution in [1.82, 2.24) is 4.98 Å². The van der Waals surface area contributed by atoms with Gasteiger partial charge in [0.25, 0.3) is 5.91 Å². The van der Waals surface area contributed by atoms with Crippen molar-refractivity contribution in [2.75, 3.05) is 36.5 Å². The van der Waals surface area contributed by atoms with Gasteiger partial charge in [0, 0.05) is 35.0 Å². The van der Waals surface area contributed by atoms with Crippen molar-refractivity contribution in [3.8, 4) is 0 Å². The van der Waals surface area contributed by atoms with E-state index >= 15 is 0 Å². The quantitative estimate of drug-likeness (QED) is 0.919. The highest BCUT2D eigenvalue weighted by Crippen LogP contribution is 2.23. The minimum Gasteiger partial charge on any atom is -0.378 e. The van der Waals surface area contributed by atoms with Crippen LogP contribution in [-0.4, -0.2) is 37.2 Å². The van der Waals surface area contributed by atoms with Gasteiger partial charge in [-0.05, 0) is 30.3 Å². The van der Waals surface area contributed by atoms with E-state index in [1.54, 1.807) is 30.5 Å². The number of pyridine rings is 1. The van der Waals surface area contributed by atoms with E-state index in [0.29, 0.717) is 34.5 Å². The fraction of sp³-hybridized carbons (Fsp3) is 0.250. The van der Waals surface area contributed by atoms with Crippen molar-refractivity contribution in [3.05, 3.63) is 52.1 Å². The molecule has 0 bridgehead atoms. The average Bonchev–Trinajstić information content (AvgIpc) is 2.55. The molecule has 120 valence electrons. The summed E-state index contributed by atoms with van der Waals surface area (Å²) in [5, 5.41) is 3.69. The molecule has 7 heteroatoms. The predicted octanol–water partition coefficient (Wildman–Crippen LogP) is 3.48. The van der Waals surface area contributed by atoms with Crippen LogP contribution in [0, 0.1) is 0 Å². The van der Waals surface area contributed by atoms with Gasteiger partial charge in [-0.25, -0.2) is 4.98 Å². The van der Waals surface area contributed by atoms with E-state index in [4.69, 9.17) is 27.9 Å². The lowest BCUT2D eigenvalue weighted by Gasteiger charge is -2.27. The van der Waals surface area contributed by atoms with Crippen LogP contribution in [0.25, 0.3) is 0 Å². The fourth-order valence-electron chi connectivity index (χ4n) is 2.33. The molecule has 23 heavy (non-hydrogen) atoms. The number of carbonyl (C=O) groups is 1. The SMILES string of the molecule is O=C(Nc1cc(Cl)cc(Cl)c1)c1ccc(N2CCOCC2)nc1. The second-order valence-electron chi connectivity index (χ2n) is 5.12. The Morgan fingerprint density at radius 3 is 2.43 bits per heavy atom. The molecule has 2 heterocycles. The number of anilines is 2. The van der Waals surface area contributed by atoms with Crippen LogP contribution in [0.2, 0.25) is 10.0 Å². The van der Waals surface area contributed by atoms with Gasteiger partial charge in [-0.1, -0.05) is 23.2 Å². The maximum atomic E-state index is 12.3. The minimum absolute atomic E-state index is 0.260. The average molecular weight is 352 g/mol. The second kappa shape index (κ2) is 7.17. The number of benzene rings is 1. The predicted molar refractivity (Wildman–Crippen MR) is 91.7 cm³/mol. The molecular formula is C16H15Cl2N3O2. The molecule has 1 N–H and O–H groups in total. The highest BCUT2D eigenvalue weighted by Gasteiger charge is 2.13. The topological polar surface area (TPSA) is 54.5 Å². The molecule has 0 spiro atoms. The molecule has 1 amide bonds. The third kappa shape index (κ3) is 4.13. The van der Waals surface area contributed by atoms with Gasteiger partial charge in [0.05, 0.1) is 18.8 Å². The van der Waals surface area contributed by atoms with Crippen LogP contribution >= 0.6 is 23.2 Å². The van der Waals surface area contributed by atoms with Gasteiger partial charge in [0.15, 0.2) is 0 Å². The van der Waals surface area contributed by atoms with Gasteiger partial charge >= 0.3 is 0 Å². The number of amides is 1. The Kier molecular flexibility index (Phi) is 5.00. The number of rotatable bonds is 3. The first-order chi connectivity index (χ1) is 11.1. The van der Waals surface area contributed by atoms with E-state index in [0.717, 1.165) is 18.9 Å². The molecular weight excluding hydrogens is 337 g/mol.